The molecule has 1 aliphatic rings. The fourth-order valence-corrected chi connectivity index (χ4v) is 3.70. The molecule has 1 aromatic rings. The Morgan fingerprint density at radius 2 is 2.26 bits per heavy atom. The number of aliphatic hydroxyl groups is 1. The minimum atomic E-state index is -3.90. The summed E-state index contributed by atoms with van der Waals surface area (Å²) in [6.45, 7) is 2.02. The molecular weight excluding hydrogens is 273 g/mol. The molecule has 0 bridgehead atoms. The second-order valence-corrected chi connectivity index (χ2v) is 6.53. The van der Waals surface area contributed by atoms with Crippen molar-refractivity contribution in [2.24, 2.45) is 0 Å². The summed E-state index contributed by atoms with van der Waals surface area (Å²) in [5.74, 6) is -0.662. The minimum Gasteiger partial charge on any atom is -0.392 e. The molecule has 19 heavy (non-hydrogen) atoms. The lowest BCUT2D eigenvalue weighted by molar-refractivity contribution is 0.178. The van der Waals surface area contributed by atoms with Gasteiger partial charge in [0.2, 0.25) is 10.0 Å². The Kier molecular flexibility index (Phi) is 3.91. The molecule has 5 nitrogen and oxygen atoms in total. The van der Waals surface area contributed by atoms with Gasteiger partial charge in [0.15, 0.2) is 0 Å². The summed E-state index contributed by atoms with van der Waals surface area (Å²) in [5.41, 5.74) is -0.533. The van der Waals surface area contributed by atoms with Gasteiger partial charge in [0.25, 0.3) is 0 Å². The van der Waals surface area contributed by atoms with Crippen LogP contribution in [-0.2, 0) is 21.4 Å². The van der Waals surface area contributed by atoms with E-state index in [9.17, 15) is 12.8 Å². The molecule has 106 valence electrons. The zero-order chi connectivity index (χ0) is 14.1. The number of hydrogen-bond donors (Lipinski definition) is 2. The Morgan fingerprint density at radius 3 is 2.84 bits per heavy atom. The van der Waals surface area contributed by atoms with E-state index in [4.69, 9.17) is 9.84 Å². The van der Waals surface area contributed by atoms with Gasteiger partial charge in [-0.2, -0.15) is 0 Å². The first kappa shape index (κ1) is 14.4. The van der Waals surface area contributed by atoms with E-state index in [1.54, 1.807) is 6.92 Å². The van der Waals surface area contributed by atoms with Crippen molar-refractivity contribution in [3.05, 3.63) is 29.6 Å². The Morgan fingerprint density at radius 1 is 1.53 bits per heavy atom. The second kappa shape index (κ2) is 5.16. The van der Waals surface area contributed by atoms with Crippen LogP contribution in [0.25, 0.3) is 0 Å². The zero-order valence-corrected chi connectivity index (χ0v) is 11.3. The van der Waals surface area contributed by atoms with Gasteiger partial charge in [-0.15, -0.1) is 0 Å². The Labute approximate surface area is 111 Å². The van der Waals surface area contributed by atoms with Crippen molar-refractivity contribution in [3.8, 4) is 0 Å². The van der Waals surface area contributed by atoms with Crippen LogP contribution < -0.4 is 4.72 Å². The van der Waals surface area contributed by atoms with E-state index in [1.807, 2.05) is 0 Å². The van der Waals surface area contributed by atoms with Crippen LogP contribution in [0.1, 0.15) is 18.9 Å². The summed E-state index contributed by atoms with van der Waals surface area (Å²) in [6, 6.07) is 3.29. The molecule has 7 heteroatoms. The second-order valence-electron chi connectivity index (χ2n) is 4.88. The Balaban J connectivity index is 2.36. The van der Waals surface area contributed by atoms with Crippen molar-refractivity contribution in [1.82, 2.24) is 4.72 Å². The smallest absolute Gasteiger partial charge is 0.241 e. The molecule has 2 N–H and O–H groups in total. The highest BCUT2D eigenvalue weighted by Crippen LogP contribution is 2.23. The molecule has 0 aliphatic carbocycles. The van der Waals surface area contributed by atoms with E-state index in [-0.39, 0.29) is 17.1 Å². The molecular formula is C12H16FNO4S. The monoisotopic (exact) mass is 289 g/mol. The number of rotatable bonds is 4. The van der Waals surface area contributed by atoms with Crippen molar-refractivity contribution >= 4 is 10.0 Å². The molecule has 1 saturated heterocycles. The molecule has 0 radical (unpaired) electrons. The van der Waals surface area contributed by atoms with Crippen molar-refractivity contribution in [2.75, 3.05) is 13.2 Å². The zero-order valence-electron chi connectivity index (χ0n) is 10.5. The van der Waals surface area contributed by atoms with Crippen LogP contribution in [0.15, 0.2) is 23.1 Å². The Bertz CT molecular complexity index is 567. The van der Waals surface area contributed by atoms with Gasteiger partial charge in [-0.1, -0.05) is 6.07 Å². The average molecular weight is 289 g/mol. The molecule has 1 heterocycles. The van der Waals surface area contributed by atoms with E-state index in [0.29, 0.717) is 13.0 Å². The molecule has 1 aromatic carbocycles. The third-order valence-electron chi connectivity index (χ3n) is 3.09. The maximum Gasteiger partial charge on any atom is 0.241 e. The van der Waals surface area contributed by atoms with Crippen LogP contribution in [0.2, 0.25) is 0 Å². The molecule has 0 aromatic heterocycles. The fraction of sp³-hybridized carbons (Fsp3) is 0.500. The highest BCUT2D eigenvalue weighted by molar-refractivity contribution is 7.89. The van der Waals surface area contributed by atoms with Crippen molar-refractivity contribution in [1.29, 1.82) is 0 Å². The molecule has 1 aliphatic heterocycles. The highest BCUT2D eigenvalue weighted by Gasteiger charge is 2.35. The fourth-order valence-electron chi connectivity index (χ4n) is 2.04. The molecule has 1 atom stereocenters. The molecule has 1 unspecified atom stereocenters. The number of sulfonamides is 1. The first-order valence-electron chi connectivity index (χ1n) is 5.87. The molecule has 0 amide bonds. The number of ether oxygens (including phenoxy) is 1. The number of hydrogen-bond acceptors (Lipinski definition) is 4. The summed E-state index contributed by atoms with van der Waals surface area (Å²) in [4.78, 5) is -0.233. The molecule has 2 rings (SSSR count). The minimum absolute atomic E-state index is 0.163. The van der Waals surface area contributed by atoms with Gasteiger partial charge in [-0.05, 0) is 31.0 Å². The summed E-state index contributed by atoms with van der Waals surface area (Å²) in [6.07, 6.45) is 0.552. The van der Waals surface area contributed by atoms with Crippen LogP contribution in [0, 0.1) is 5.82 Å². The highest BCUT2D eigenvalue weighted by atomic mass is 32.2. The predicted octanol–water partition coefficient (Wildman–Crippen LogP) is 0.775. The summed E-state index contributed by atoms with van der Waals surface area (Å²) < 4.78 is 45.5. The van der Waals surface area contributed by atoms with E-state index in [0.717, 1.165) is 12.1 Å². The summed E-state index contributed by atoms with van der Waals surface area (Å²) in [5, 5.41) is 9.16. The van der Waals surface area contributed by atoms with E-state index < -0.39 is 28.0 Å². The van der Waals surface area contributed by atoms with Crippen LogP contribution in [-0.4, -0.2) is 32.3 Å². The average Bonchev–Trinajstić information content (AvgIpc) is 2.74. The van der Waals surface area contributed by atoms with E-state index in [1.165, 1.54) is 6.07 Å². The lowest BCUT2D eigenvalue weighted by atomic mass is 10.0. The summed E-state index contributed by atoms with van der Waals surface area (Å²) in [7, 11) is -3.90. The molecule has 0 spiro atoms. The Hall–Kier alpha value is -1.02. The lowest BCUT2D eigenvalue weighted by Crippen LogP contribution is -2.46. The van der Waals surface area contributed by atoms with Gasteiger partial charge in [0.05, 0.1) is 23.6 Å². The van der Waals surface area contributed by atoms with Gasteiger partial charge < -0.3 is 9.84 Å². The first-order valence-corrected chi connectivity index (χ1v) is 7.36. The van der Waals surface area contributed by atoms with E-state index in [2.05, 4.69) is 4.72 Å². The number of aliphatic hydroxyl groups excluding tert-OH is 1. The van der Waals surface area contributed by atoms with Gasteiger partial charge in [0, 0.05) is 6.61 Å². The standard InChI is InChI=1S/C12H16FNO4S/c1-12(4-5-18-8-12)14-19(16,17)11-6-10(13)3-2-9(11)7-15/h2-3,6,14-15H,4-5,7-8H2,1H3. The van der Waals surface area contributed by atoms with Crippen LogP contribution in [0.4, 0.5) is 4.39 Å². The number of nitrogens with one attached hydrogen (secondary N) is 1. The van der Waals surface area contributed by atoms with Crippen LogP contribution in [0.3, 0.4) is 0 Å². The van der Waals surface area contributed by atoms with Gasteiger partial charge in [-0.3, -0.25) is 0 Å². The van der Waals surface area contributed by atoms with Crippen molar-refractivity contribution < 1.29 is 22.7 Å². The lowest BCUT2D eigenvalue weighted by Gasteiger charge is -2.23. The van der Waals surface area contributed by atoms with Crippen molar-refractivity contribution in [3.63, 3.8) is 0 Å². The number of benzene rings is 1. The third kappa shape index (κ3) is 3.11. The van der Waals surface area contributed by atoms with Gasteiger partial charge in [0.1, 0.15) is 5.82 Å². The topological polar surface area (TPSA) is 75.6 Å². The first-order chi connectivity index (χ1) is 8.86. The quantitative estimate of drug-likeness (QED) is 0.858. The normalized spacial score (nSPS) is 23.7. The van der Waals surface area contributed by atoms with Crippen LogP contribution in [0.5, 0.6) is 0 Å². The summed E-state index contributed by atoms with van der Waals surface area (Å²) >= 11 is 0. The maximum atomic E-state index is 13.2. The third-order valence-corrected chi connectivity index (χ3v) is 4.81. The molecule has 1 fully saturated rings. The largest absolute Gasteiger partial charge is 0.392 e. The molecule has 0 saturated carbocycles. The van der Waals surface area contributed by atoms with Gasteiger partial charge in [-0.25, -0.2) is 17.5 Å². The van der Waals surface area contributed by atoms with Crippen LogP contribution >= 0.6 is 0 Å². The maximum absolute atomic E-state index is 13.2. The SMILES string of the molecule is CC1(NS(=O)(=O)c2cc(F)ccc2CO)CCOC1. The number of halogens is 1. The predicted molar refractivity (Wildman–Crippen MR) is 66.5 cm³/mol. The van der Waals surface area contributed by atoms with Gasteiger partial charge >= 0.3 is 0 Å². The van der Waals surface area contributed by atoms with Crippen molar-refractivity contribution in [2.45, 2.75) is 30.4 Å². The van der Waals surface area contributed by atoms with E-state index >= 15 is 0 Å².